The van der Waals surface area contributed by atoms with Gasteiger partial charge in [0, 0.05) is 5.69 Å². The van der Waals surface area contributed by atoms with Gasteiger partial charge in [-0.15, -0.1) is 0 Å². The van der Waals surface area contributed by atoms with Gasteiger partial charge in [0.15, 0.2) is 0 Å². The minimum atomic E-state index is -3.82. The monoisotopic (exact) mass is 416 g/mol. The van der Waals surface area contributed by atoms with Gasteiger partial charge in [-0.3, -0.25) is 9.52 Å². The number of aryl methyl sites for hydroxylation is 1. The SMILES string of the molecule is Cc1ccc(C(C)NC(=O)Cc2ccc(NS(=O)(=O)c3ccc(F)cc3)cc2)o1. The van der Waals surface area contributed by atoms with Crippen molar-refractivity contribution in [3.8, 4) is 0 Å². The zero-order valence-corrected chi connectivity index (χ0v) is 16.8. The summed E-state index contributed by atoms with van der Waals surface area (Å²) in [4.78, 5) is 12.2. The summed E-state index contributed by atoms with van der Waals surface area (Å²) in [6.07, 6.45) is 0.148. The number of nitrogens with one attached hydrogen (secondary N) is 2. The maximum absolute atomic E-state index is 13.0. The number of hydrogen-bond acceptors (Lipinski definition) is 4. The van der Waals surface area contributed by atoms with E-state index in [1.807, 2.05) is 26.0 Å². The van der Waals surface area contributed by atoms with Crippen LogP contribution in [-0.4, -0.2) is 14.3 Å². The van der Waals surface area contributed by atoms with Crippen LogP contribution in [0.2, 0.25) is 0 Å². The molecule has 1 heterocycles. The molecule has 3 rings (SSSR count). The van der Waals surface area contributed by atoms with Crippen molar-refractivity contribution in [2.45, 2.75) is 31.2 Å². The highest BCUT2D eigenvalue weighted by Gasteiger charge is 2.15. The Morgan fingerprint density at radius 1 is 1.03 bits per heavy atom. The summed E-state index contributed by atoms with van der Waals surface area (Å²) >= 11 is 0. The van der Waals surface area contributed by atoms with Gasteiger partial charge in [-0.1, -0.05) is 12.1 Å². The van der Waals surface area contributed by atoms with Gasteiger partial charge < -0.3 is 9.73 Å². The number of rotatable bonds is 7. The molecule has 6 nitrogen and oxygen atoms in total. The molecule has 0 spiro atoms. The van der Waals surface area contributed by atoms with Crippen molar-refractivity contribution in [3.63, 3.8) is 0 Å². The minimum absolute atomic E-state index is 0.0375. The summed E-state index contributed by atoms with van der Waals surface area (Å²) in [7, 11) is -3.82. The number of sulfonamides is 1. The third kappa shape index (κ3) is 5.45. The van der Waals surface area contributed by atoms with Gasteiger partial charge in [-0.25, -0.2) is 12.8 Å². The van der Waals surface area contributed by atoms with Crippen molar-refractivity contribution in [1.82, 2.24) is 5.32 Å². The highest BCUT2D eigenvalue weighted by molar-refractivity contribution is 7.92. The highest BCUT2D eigenvalue weighted by Crippen LogP contribution is 2.18. The Kier molecular flexibility index (Phi) is 6.03. The number of hydrogen-bond donors (Lipinski definition) is 2. The smallest absolute Gasteiger partial charge is 0.261 e. The zero-order chi connectivity index (χ0) is 21.0. The van der Waals surface area contributed by atoms with E-state index in [1.54, 1.807) is 24.3 Å². The number of carbonyl (C=O) groups excluding carboxylic acids is 1. The van der Waals surface area contributed by atoms with E-state index in [0.717, 1.165) is 23.5 Å². The lowest BCUT2D eigenvalue weighted by Gasteiger charge is -2.12. The van der Waals surface area contributed by atoms with Crippen molar-refractivity contribution in [3.05, 3.63) is 83.6 Å². The molecule has 152 valence electrons. The highest BCUT2D eigenvalue weighted by atomic mass is 32.2. The summed E-state index contributed by atoms with van der Waals surface area (Å²) in [5.74, 6) is 0.774. The second-order valence-corrected chi connectivity index (χ2v) is 8.35. The molecular weight excluding hydrogens is 395 g/mol. The Labute approximate surface area is 168 Å². The Hall–Kier alpha value is -3.13. The lowest BCUT2D eigenvalue weighted by Crippen LogP contribution is -2.27. The van der Waals surface area contributed by atoms with E-state index in [0.29, 0.717) is 11.4 Å². The average Bonchev–Trinajstić information content (AvgIpc) is 3.10. The second kappa shape index (κ2) is 8.48. The first-order valence-electron chi connectivity index (χ1n) is 8.96. The van der Waals surface area contributed by atoms with Crippen LogP contribution in [0.3, 0.4) is 0 Å². The summed E-state index contributed by atoms with van der Waals surface area (Å²) in [5.41, 5.74) is 1.08. The van der Waals surface area contributed by atoms with Gasteiger partial charge in [-0.2, -0.15) is 0 Å². The van der Waals surface area contributed by atoms with E-state index in [2.05, 4.69) is 10.0 Å². The molecule has 1 amide bonds. The van der Waals surface area contributed by atoms with Gasteiger partial charge >= 0.3 is 0 Å². The third-order valence-electron chi connectivity index (χ3n) is 4.26. The van der Waals surface area contributed by atoms with Crippen LogP contribution in [0.1, 0.15) is 30.0 Å². The Bertz CT molecular complexity index is 1090. The maximum Gasteiger partial charge on any atom is 0.261 e. The van der Waals surface area contributed by atoms with Crippen LogP contribution in [0.4, 0.5) is 10.1 Å². The first kappa shape index (κ1) is 20.6. The van der Waals surface area contributed by atoms with Crippen LogP contribution < -0.4 is 10.0 Å². The number of benzene rings is 2. The first-order chi connectivity index (χ1) is 13.7. The van der Waals surface area contributed by atoms with Crippen molar-refractivity contribution in [2.75, 3.05) is 4.72 Å². The lowest BCUT2D eigenvalue weighted by atomic mass is 10.1. The van der Waals surface area contributed by atoms with Crippen LogP contribution in [0.5, 0.6) is 0 Å². The fraction of sp³-hybridized carbons (Fsp3) is 0.190. The summed E-state index contributed by atoms with van der Waals surface area (Å²) in [5, 5.41) is 2.86. The summed E-state index contributed by atoms with van der Waals surface area (Å²) < 4.78 is 45.6. The minimum Gasteiger partial charge on any atom is -0.464 e. The molecule has 1 aromatic heterocycles. The van der Waals surface area contributed by atoms with Crippen LogP contribution in [0.15, 0.2) is 70.0 Å². The van der Waals surface area contributed by atoms with Crippen molar-refractivity contribution in [2.24, 2.45) is 0 Å². The molecule has 3 aromatic rings. The number of amides is 1. The second-order valence-electron chi connectivity index (χ2n) is 6.67. The number of anilines is 1. The van der Waals surface area contributed by atoms with Gasteiger partial charge in [0.2, 0.25) is 5.91 Å². The predicted molar refractivity (Wildman–Crippen MR) is 107 cm³/mol. The molecule has 0 aliphatic heterocycles. The maximum atomic E-state index is 13.0. The molecule has 29 heavy (non-hydrogen) atoms. The molecule has 0 aliphatic rings. The van der Waals surface area contributed by atoms with Crippen LogP contribution in [-0.2, 0) is 21.2 Å². The topological polar surface area (TPSA) is 88.4 Å². The third-order valence-corrected chi connectivity index (χ3v) is 5.66. The molecule has 0 saturated heterocycles. The van der Waals surface area contributed by atoms with E-state index in [1.165, 1.54) is 12.1 Å². The van der Waals surface area contributed by atoms with Crippen LogP contribution in [0.25, 0.3) is 0 Å². The fourth-order valence-electron chi connectivity index (χ4n) is 2.75. The Balaban J connectivity index is 1.59. The van der Waals surface area contributed by atoms with Crippen molar-refractivity contribution < 1.29 is 22.0 Å². The van der Waals surface area contributed by atoms with Gasteiger partial charge in [0.25, 0.3) is 10.0 Å². The molecule has 1 unspecified atom stereocenters. The van der Waals surface area contributed by atoms with Gasteiger partial charge in [0.05, 0.1) is 17.4 Å². The van der Waals surface area contributed by atoms with E-state index < -0.39 is 15.8 Å². The molecule has 2 aromatic carbocycles. The van der Waals surface area contributed by atoms with Gasteiger partial charge in [-0.05, 0) is 67.9 Å². The molecular formula is C21H21FN2O4S. The molecule has 0 aliphatic carbocycles. The summed E-state index contributed by atoms with van der Waals surface area (Å²) in [6.45, 7) is 3.67. The van der Waals surface area contributed by atoms with E-state index in [9.17, 15) is 17.6 Å². The van der Waals surface area contributed by atoms with Crippen molar-refractivity contribution in [1.29, 1.82) is 0 Å². The Morgan fingerprint density at radius 3 is 2.28 bits per heavy atom. The molecule has 8 heteroatoms. The van der Waals surface area contributed by atoms with E-state index >= 15 is 0 Å². The standard InChI is InChI=1S/C21H21FN2O4S/c1-14-3-12-20(28-14)15(2)23-21(25)13-16-4-8-18(9-5-16)24-29(26,27)19-10-6-17(22)7-11-19/h3-12,15,24H,13H2,1-2H3,(H,23,25). The van der Waals surface area contributed by atoms with Gasteiger partial charge in [0.1, 0.15) is 17.3 Å². The molecule has 2 N–H and O–H groups in total. The van der Waals surface area contributed by atoms with Crippen LogP contribution in [0, 0.1) is 12.7 Å². The van der Waals surface area contributed by atoms with Crippen LogP contribution >= 0.6 is 0 Å². The molecule has 0 radical (unpaired) electrons. The average molecular weight is 416 g/mol. The zero-order valence-electron chi connectivity index (χ0n) is 16.0. The number of halogens is 1. The van der Waals surface area contributed by atoms with Crippen molar-refractivity contribution >= 4 is 21.6 Å². The normalized spacial score (nSPS) is 12.4. The first-order valence-corrected chi connectivity index (χ1v) is 10.4. The molecule has 0 bridgehead atoms. The Morgan fingerprint density at radius 2 is 1.69 bits per heavy atom. The molecule has 1 atom stereocenters. The van der Waals surface area contributed by atoms with E-state index in [-0.39, 0.29) is 23.3 Å². The predicted octanol–water partition coefficient (Wildman–Crippen LogP) is 3.95. The molecule has 0 fully saturated rings. The lowest BCUT2D eigenvalue weighted by molar-refractivity contribution is -0.121. The molecule has 0 saturated carbocycles. The fourth-order valence-corrected chi connectivity index (χ4v) is 3.81. The number of carbonyl (C=O) groups is 1. The number of furan rings is 1. The van der Waals surface area contributed by atoms with E-state index in [4.69, 9.17) is 4.42 Å². The summed E-state index contributed by atoms with van der Waals surface area (Å²) in [6, 6.07) is 14.4. The quantitative estimate of drug-likeness (QED) is 0.610. The largest absolute Gasteiger partial charge is 0.464 e.